The molecule has 2 nitrogen and oxygen atoms in total. The van der Waals surface area contributed by atoms with Gasteiger partial charge >= 0.3 is 0 Å². The van der Waals surface area contributed by atoms with Gasteiger partial charge in [0, 0.05) is 19.3 Å². The van der Waals surface area contributed by atoms with E-state index in [1.165, 1.54) is 49.9 Å². The molecule has 2 aliphatic carbocycles. The van der Waals surface area contributed by atoms with Crippen LogP contribution in [0.15, 0.2) is 107 Å². The molecule has 0 aliphatic heterocycles. The molecule has 3 aromatic carbocycles. The van der Waals surface area contributed by atoms with Gasteiger partial charge in [-0.3, -0.25) is 4.99 Å². The summed E-state index contributed by atoms with van der Waals surface area (Å²) in [6.45, 7) is 14.8. The molecule has 1 atom stereocenters. The molecule has 206 valence electrons. The van der Waals surface area contributed by atoms with Crippen LogP contribution in [0.1, 0.15) is 88.6 Å². The van der Waals surface area contributed by atoms with Crippen molar-refractivity contribution in [2.45, 2.75) is 66.3 Å². The molecular formula is C38H44N2. The highest BCUT2D eigenvalue weighted by atomic mass is 15.2. The highest BCUT2D eigenvalue weighted by molar-refractivity contribution is 6.13. The zero-order valence-electron chi connectivity index (χ0n) is 25.3. The smallest absolute Gasteiger partial charge is 0.0964 e. The van der Waals surface area contributed by atoms with Crippen molar-refractivity contribution in [2.24, 2.45) is 10.9 Å². The van der Waals surface area contributed by atoms with Gasteiger partial charge in [-0.05, 0) is 87.4 Å². The number of allylic oxidation sites excluding steroid dienone is 5. The predicted octanol–water partition coefficient (Wildman–Crippen LogP) is 10.0. The lowest BCUT2D eigenvalue weighted by atomic mass is 9.88. The third-order valence-corrected chi connectivity index (χ3v) is 8.57. The molecule has 0 amide bonds. The van der Waals surface area contributed by atoms with Crippen molar-refractivity contribution in [1.29, 1.82) is 0 Å². The van der Waals surface area contributed by atoms with E-state index < -0.39 is 0 Å². The number of aliphatic imine (C=N–C) groups is 1. The lowest BCUT2D eigenvalue weighted by Crippen LogP contribution is -2.35. The number of benzene rings is 3. The summed E-state index contributed by atoms with van der Waals surface area (Å²) in [5.74, 6) is 0.916. The first-order chi connectivity index (χ1) is 19.4. The topological polar surface area (TPSA) is 15.6 Å². The number of nitrogens with zero attached hydrogens (tertiary/aromatic N) is 2. The molecule has 2 heteroatoms. The monoisotopic (exact) mass is 528 g/mol. The molecule has 0 saturated heterocycles. The van der Waals surface area contributed by atoms with E-state index in [0.717, 1.165) is 25.1 Å². The number of rotatable bonds is 10. The zero-order valence-corrected chi connectivity index (χ0v) is 25.3. The van der Waals surface area contributed by atoms with E-state index in [4.69, 9.17) is 4.99 Å². The van der Waals surface area contributed by atoms with Crippen molar-refractivity contribution in [3.8, 4) is 0 Å². The fourth-order valence-electron chi connectivity index (χ4n) is 6.49. The Labute approximate surface area is 241 Å². The van der Waals surface area contributed by atoms with Crippen LogP contribution in [0.5, 0.6) is 0 Å². The maximum absolute atomic E-state index is 4.96. The lowest BCUT2D eigenvalue weighted by molar-refractivity contribution is 0.324. The van der Waals surface area contributed by atoms with Crippen molar-refractivity contribution >= 4 is 22.1 Å². The maximum Gasteiger partial charge on any atom is 0.0964 e. The van der Waals surface area contributed by atoms with Gasteiger partial charge in [0.15, 0.2) is 0 Å². The largest absolute Gasteiger partial charge is 0.359 e. The highest BCUT2D eigenvalue weighted by Gasteiger charge is 2.32. The van der Waals surface area contributed by atoms with E-state index in [1.54, 1.807) is 5.57 Å². The Balaban J connectivity index is 1.58. The predicted molar refractivity (Wildman–Crippen MR) is 174 cm³/mol. The first-order valence-corrected chi connectivity index (χ1v) is 15.1. The summed E-state index contributed by atoms with van der Waals surface area (Å²) < 4.78 is 0. The minimum atomic E-state index is 0.0439. The molecule has 1 unspecified atom stereocenters. The van der Waals surface area contributed by atoms with Crippen LogP contribution in [0.25, 0.3) is 16.3 Å². The van der Waals surface area contributed by atoms with Crippen molar-refractivity contribution in [1.82, 2.24) is 4.90 Å². The normalized spacial score (nSPS) is 17.0. The number of hydrogen-bond acceptors (Lipinski definition) is 2. The van der Waals surface area contributed by atoms with Gasteiger partial charge in [-0.2, -0.15) is 0 Å². The van der Waals surface area contributed by atoms with Crippen molar-refractivity contribution in [3.63, 3.8) is 0 Å². The fourth-order valence-corrected chi connectivity index (χ4v) is 6.49. The summed E-state index contributed by atoms with van der Waals surface area (Å²) in [5.41, 5.74) is 12.4. The second kappa shape index (κ2) is 11.8. The summed E-state index contributed by atoms with van der Waals surface area (Å²) in [7, 11) is 1.95. The number of hydrogen-bond donors (Lipinski definition) is 0. The van der Waals surface area contributed by atoms with Gasteiger partial charge in [0.05, 0.1) is 11.8 Å². The van der Waals surface area contributed by atoms with Gasteiger partial charge in [-0.15, -0.1) is 0 Å². The molecule has 0 N–H and O–H groups in total. The van der Waals surface area contributed by atoms with Crippen LogP contribution >= 0.6 is 0 Å². The van der Waals surface area contributed by atoms with Gasteiger partial charge in [-0.1, -0.05) is 114 Å². The Hall–Kier alpha value is -3.65. The minimum Gasteiger partial charge on any atom is -0.359 e. The van der Waals surface area contributed by atoms with Crippen LogP contribution in [0.2, 0.25) is 0 Å². The fraction of sp³-hybridized carbons (Fsp3) is 0.342. The second-order valence-electron chi connectivity index (χ2n) is 11.6. The summed E-state index contributed by atoms with van der Waals surface area (Å²) in [6, 6.07) is 22.2. The molecular weight excluding hydrogens is 484 g/mol. The SMILES string of the molecule is CCC1=C(N(CC)C(C(/C=C\C=C2/c3ccc4ccccc4c32)=N\C)c2ccccc2C(C)C)C(C(C)C)=CC1. The molecule has 0 saturated carbocycles. The average molecular weight is 529 g/mol. The molecule has 3 aromatic rings. The molecule has 40 heavy (non-hydrogen) atoms. The molecule has 0 fully saturated rings. The van der Waals surface area contributed by atoms with E-state index in [2.05, 4.69) is 131 Å². The first kappa shape index (κ1) is 27.9. The standard InChI is InChI=1S/C38H44N2/c1-8-27-21-23-30(26(5)6)37(27)40(9-2)38(34-18-13-12-16-29(34)25(3)4)35(39-7)20-14-19-32-33-24-22-28-15-10-11-17-31(28)36(32)33/h10-20,22-26,38H,8-9,21H2,1-7H3/b20-14-,32-19+,39-35-. The molecule has 0 spiro atoms. The summed E-state index contributed by atoms with van der Waals surface area (Å²) >= 11 is 0. The van der Waals surface area contributed by atoms with E-state index in [9.17, 15) is 0 Å². The van der Waals surface area contributed by atoms with Crippen molar-refractivity contribution < 1.29 is 0 Å². The summed E-state index contributed by atoms with van der Waals surface area (Å²) in [5, 5.41) is 2.65. The quantitative estimate of drug-likeness (QED) is 0.187. The Morgan fingerprint density at radius 1 is 0.900 bits per heavy atom. The van der Waals surface area contributed by atoms with Crippen LogP contribution in [0.4, 0.5) is 0 Å². The molecule has 5 rings (SSSR count). The Morgan fingerprint density at radius 3 is 2.30 bits per heavy atom. The third kappa shape index (κ3) is 5.12. The zero-order chi connectivity index (χ0) is 28.4. The van der Waals surface area contributed by atoms with E-state index >= 15 is 0 Å². The Kier molecular flexibility index (Phi) is 8.26. The van der Waals surface area contributed by atoms with Crippen LogP contribution in [-0.2, 0) is 0 Å². The second-order valence-corrected chi connectivity index (χ2v) is 11.6. The first-order valence-electron chi connectivity index (χ1n) is 15.1. The van der Waals surface area contributed by atoms with Gasteiger partial charge < -0.3 is 4.90 Å². The van der Waals surface area contributed by atoms with E-state index in [0.29, 0.717) is 11.8 Å². The average Bonchev–Trinajstić information content (AvgIpc) is 3.51. The number of fused-ring (bicyclic) bond motifs is 3. The maximum atomic E-state index is 4.96. The Morgan fingerprint density at radius 2 is 1.62 bits per heavy atom. The molecule has 0 bridgehead atoms. The van der Waals surface area contributed by atoms with Gasteiger partial charge in [0.25, 0.3) is 0 Å². The minimum absolute atomic E-state index is 0.0439. The van der Waals surface area contributed by atoms with E-state index in [1.807, 2.05) is 7.05 Å². The summed E-state index contributed by atoms with van der Waals surface area (Å²) in [4.78, 5) is 7.60. The van der Waals surface area contributed by atoms with Gasteiger partial charge in [-0.25, -0.2) is 0 Å². The number of likely N-dealkylation sites (N-methyl/N-ethyl adjacent to an activating group) is 1. The van der Waals surface area contributed by atoms with Gasteiger partial charge in [0.2, 0.25) is 0 Å². The van der Waals surface area contributed by atoms with Crippen LogP contribution < -0.4 is 0 Å². The Bertz CT molecular complexity index is 1560. The molecule has 0 aromatic heterocycles. The van der Waals surface area contributed by atoms with Crippen molar-refractivity contribution in [3.05, 3.63) is 124 Å². The van der Waals surface area contributed by atoms with Crippen LogP contribution in [0.3, 0.4) is 0 Å². The molecule has 2 aliphatic rings. The van der Waals surface area contributed by atoms with Crippen LogP contribution in [0, 0.1) is 5.92 Å². The van der Waals surface area contributed by atoms with Gasteiger partial charge in [0.1, 0.15) is 0 Å². The molecule has 0 radical (unpaired) electrons. The third-order valence-electron chi connectivity index (χ3n) is 8.57. The lowest BCUT2D eigenvalue weighted by Gasteiger charge is -2.38. The molecule has 0 heterocycles. The van der Waals surface area contributed by atoms with Crippen molar-refractivity contribution in [2.75, 3.05) is 13.6 Å². The van der Waals surface area contributed by atoms with Crippen LogP contribution in [-0.4, -0.2) is 24.2 Å². The summed E-state index contributed by atoms with van der Waals surface area (Å²) in [6.07, 6.45) is 11.3. The van der Waals surface area contributed by atoms with E-state index in [-0.39, 0.29) is 6.04 Å². The highest BCUT2D eigenvalue weighted by Crippen LogP contribution is 2.47.